The van der Waals surface area contributed by atoms with E-state index in [1.54, 1.807) is 23.5 Å². The Balaban J connectivity index is 1.34. The van der Waals surface area contributed by atoms with Crippen LogP contribution < -0.4 is 10.0 Å². The predicted molar refractivity (Wildman–Crippen MR) is 111 cm³/mol. The summed E-state index contributed by atoms with van der Waals surface area (Å²) in [5.41, 5.74) is 1.27. The number of nitrogens with zero attached hydrogens (tertiary/aromatic N) is 1. The molecule has 28 heavy (non-hydrogen) atoms. The number of thiazole rings is 1. The lowest BCUT2D eigenvalue weighted by atomic mass is 10.0. The number of hydrogen-bond donors (Lipinski definition) is 2. The van der Waals surface area contributed by atoms with Gasteiger partial charge >= 0.3 is 0 Å². The summed E-state index contributed by atoms with van der Waals surface area (Å²) in [4.78, 5) is 18.1. The molecule has 3 rings (SSSR count). The Hall–Kier alpha value is -1.48. The summed E-state index contributed by atoms with van der Waals surface area (Å²) < 4.78 is 26.7. The van der Waals surface area contributed by atoms with E-state index in [1.165, 1.54) is 35.5 Å². The zero-order valence-corrected chi connectivity index (χ0v) is 17.9. The van der Waals surface area contributed by atoms with Crippen LogP contribution in [0.25, 0.3) is 0 Å². The van der Waals surface area contributed by atoms with E-state index in [9.17, 15) is 13.2 Å². The van der Waals surface area contributed by atoms with Gasteiger partial charge in [-0.25, -0.2) is 18.1 Å². The first kappa shape index (κ1) is 21.2. The molecule has 6 nitrogen and oxygen atoms in total. The lowest BCUT2D eigenvalue weighted by Gasteiger charge is -2.08. The van der Waals surface area contributed by atoms with Gasteiger partial charge in [-0.05, 0) is 50.3 Å². The fourth-order valence-electron chi connectivity index (χ4n) is 3.08. The minimum atomic E-state index is -3.66. The number of aromatic nitrogens is 1. The molecule has 0 saturated heterocycles. The third-order valence-corrected chi connectivity index (χ3v) is 7.44. The smallest absolute Gasteiger partial charge is 0.240 e. The van der Waals surface area contributed by atoms with Crippen molar-refractivity contribution in [3.8, 4) is 0 Å². The molecule has 152 valence electrons. The van der Waals surface area contributed by atoms with Crippen molar-refractivity contribution in [2.75, 3.05) is 13.1 Å². The Morgan fingerprint density at radius 1 is 1.21 bits per heavy atom. The Kier molecular flexibility index (Phi) is 7.45. The molecule has 0 aliphatic heterocycles. The second-order valence-electron chi connectivity index (χ2n) is 6.74. The SMILES string of the molecule is O=C(CCNS(=O)(=O)c1cccc(Cl)c1)NCCCc1nc2c(s1)CCCC2. The molecule has 0 bridgehead atoms. The number of sulfonamides is 1. The van der Waals surface area contributed by atoms with E-state index in [4.69, 9.17) is 16.6 Å². The van der Waals surface area contributed by atoms with E-state index in [2.05, 4.69) is 10.0 Å². The fourth-order valence-corrected chi connectivity index (χ4v) is 5.62. The average molecular weight is 442 g/mol. The highest BCUT2D eigenvalue weighted by molar-refractivity contribution is 7.89. The molecule has 1 aliphatic rings. The first-order valence-electron chi connectivity index (χ1n) is 9.43. The van der Waals surface area contributed by atoms with Crippen molar-refractivity contribution in [3.05, 3.63) is 44.9 Å². The van der Waals surface area contributed by atoms with Crippen molar-refractivity contribution < 1.29 is 13.2 Å². The van der Waals surface area contributed by atoms with Gasteiger partial charge in [0.15, 0.2) is 0 Å². The summed E-state index contributed by atoms with van der Waals surface area (Å²) in [5.74, 6) is -0.174. The summed E-state index contributed by atoms with van der Waals surface area (Å²) in [5, 5.41) is 4.33. The summed E-state index contributed by atoms with van der Waals surface area (Å²) in [7, 11) is -3.66. The molecule has 1 heterocycles. The number of hydrogen-bond acceptors (Lipinski definition) is 5. The molecular formula is C19H24ClN3O3S2. The fraction of sp³-hybridized carbons (Fsp3) is 0.474. The van der Waals surface area contributed by atoms with Crippen LogP contribution in [0, 0.1) is 0 Å². The largest absolute Gasteiger partial charge is 0.356 e. The first-order valence-corrected chi connectivity index (χ1v) is 12.1. The molecule has 0 spiro atoms. The summed E-state index contributed by atoms with van der Waals surface area (Å²) in [6, 6.07) is 6.02. The van der Waals surface area contributed by atoms with E-state index < -0.39 is 10.0 Å². The van der Waals surface area contributed by atoms with E-state index in [1.807, 2.05) is 0 Å². The van der Waals surface area contributed by atoms with Gasteiger partial charge in [0.05, 0.1) is 15.6 Å². The van der Waals surface area contributed by atoms with Gasteiger partial charge in [-0.2, -0.15) is 0 Å². The average Bonchev–Trinajstić information content (AvgIpc) is 3.08. The van der Waals surface area contributed by atoms with Crippen LogP contribution in [0.1, 0.15) is 41.3 Å². The van der Waals surface area contributed by atoms with E-state index in [-0.39, 0.29) is 23.8 Å². The maximum Gasteiger partial charge on any atom is 0.240 e. The summed E-state index contributed by atoms with van der Waals surface area (Å²) >= 11 is 7.62. The van der Waals surface area contributed by atoms with Crippen LogP contribution >= 0.6 is 22.9 Å². The zero-order valence-electron chi connectivity index (χ0n) is 15.5. The number of halogens is 1. The number of aryl methyl sites for hydroxylation is 3. The normalized spacial score (nSPS) is 13.9. The van der Waals surface area contributed by atoms with Crippen LogP contribution in [0.4, 0.5) is 0 Å². The Bertz CT molecular complexity index is 905. The van der Waals surface area contributed by atoms with Crippen LogP contribution in [0.15, 0.2) is 29.2 Å². The van der Waals surface area contributed by atoms with Crippen LogP contribution in [0.2, 0.25) is 5.02 Å². The van der Waals surface area contributed by atoms with E-state index in [0.717, 1.165) is 30.7 Å². The van der Waals surface area contributed by atoms with Gasteiger partial charge < -0.3 is 5.32 Å². The van der Waals surface area contributed by atoms with Gasteiger partial charge in [0.25, 0.3) is 0 Å². The van der Waals surface area contributed by atoms with Crippen LogP contribution in [-0.4, -0.2) is 32.4 Å². The Morgan fingerprint density at radius 3 is 2.82 bits per heavy atom. The Labute approximate surface area is 174 Å². The monoisotopic (exact) mass is 441 g/mol. The zero-order chi connectivity index (χ0) is 20.0. The molecule has 9 heteroatoms. The molecular weight excluding hydrogens is 418 g/mol. The van der Waals surface area contributed by atoms with Gasteiger partial charge in [-0.3, -0.25) is 4.79 Å². The standard InChI is InChI=1S/C19H24ClN3O3S2/c20-14-5-3-6-15(13-14)28(25,26)22-12-10-18(24)21-11-4-9-19-23-16-7-1-2-8-17(16)27-19/h3,5-6,13,22H,1-2,4,7-12H2,(H,21,24). The number of fused-ring (bicyclic) bond motifs is 1. The van der Waals surface area contributed by atoms with Crippen LogP contribution in [0.5, 0.6) is 0 Å². The number of carbonyl (C=O) groups excluding carboxylic acids is 1. The Morgan fingerprint density at radius 2 is 2.04 bits per heavy atom. The number of rotatable bonds is 9. The highest BCUT2D eigenvalue weighted by Crippen LogP contribution is 2.27. The van der Waals surface area contributed by atoms with Gasteiger partial charge in [-0.1, -0.05) is 17.7 Å². The summed E-state index contributed by atoms with van der Waals surface area (Å²) in [6.45, 7) is 0.601. The first-order chi connectivity index (χ1) is 13.4. The number of benzene rings is 1. The van der Waals surface area contributed by atoms with Crippen molar-refractivity contribution in [2.45, 2.75) is 49.8 Å². The van der Waals surface area contributed by atoms with Crippen LogP contribution in [-0.2, 0) is 34.1 Å². The van der Waals surface area contributed by atoms with Crippen LogP contribution in [0.3, 0.4) is 0 Å². The van der Waals surface area contributed by atoms with E-state index >= 15 is 0 Å². The van der Waals surface area contributed by atoms with Gasteiger partial charge in [0.2, 0.25) is 15.9 Å². The molecule has 1 aromatic heterocycles. The van der Waals surface area contributed by atoms with Crippen molar-refractivity contribution in [2.24, 2.45) is 0 Å². The van der Waals surface area contributed by atoms with E-state index in [0.29, 0.717) is 11.6 Å². The number of nitrogens with one attached hydrogen (secondary N) is 2. The van der Waals surface area contributed by atoms with Gasteiger partial charge in [-0.15, -0.1) is 11.3 Å². The third kappa shape index (κ3) is 6.01. The maximum atomic E-state index is 12.2. The second kappa shape index (κ2) is 9.82. The van der Waals surface area contributed by atoms with Crippen molar-refractivity contribution in [3.63, 3.8) is 0 Å². The molecule has 1 amide bonds. The van der Waals surface area contributed by atoms with Gasteiger partial charge in [0, 0.05) is 35.8 Å². The highest BCUT2D eigenvalue weighted by atomic mass is 35.5. The number of carbonyl (C=O) groups is 1. The molecule has 1 aliphatic carbocycles. The molecule has 2 aromatic rings. The molecule has 2 N–H and O–H groups in total. The third-order valence-electron chi connectivity index (χ3n) is 4.53. The molecule has 0 unspecified atom stereocenters. The second-order valence-corrected chi connectivity index (χ2v) is 10.1. The lowest BCUT2D eigenvalue weighted by molar-refractivity contribution is -0.120. The van der Waals surface area contributed by atoms with Crippen molar-refractivity contribution in [1.29, 1.82) is 0 Å². The molecule has 0 fully saturated rings. The molecule has 0 radical (unpaired) electrons. The predicted octanol–water partition coefficient (Wildman–Crippen LogP) is 3.09. The summed E-state index contributed by atoms with van der Waals surface area (Å²) in [6.07, 6.45) is 6.50. The lowest BCUT2D eigenvalue weighted by Crippen LogP contribution is -2.31. The van der Waals surface area contributed by atoms with Crippen molar-refractivity contribution in [1.82, 2.24) is 15.0 Å². The molecule has 0 atom stereocenters. The highest BCUT2D eigenvalue weighted by Gasteiger charge is 2.16. The van der Waals surface area contributed by atoms with Gasteiger partial charge in [0.1, 0.15) is 0 Å². The molecule has 0 saturated carbocycles. The molecule has 1 aromatic carbocycles. The minimum Gasteiger partial charge on any atom is -0.356 e. The number of amides is 1. The topological polar surface area (TPSA) is 88.2 Å². The van der Waals surface area contributed by atoms with Crippen molar-refractivity contribution >= 4 is 38.9 Å². The maximum absolute atomic E-state index is 12.2. The minimum absolute atomic E-state index is 0.0415. The quantitative estimate of drug-likeness (QED) is 0.585.